The van der Waals surface area contributed by atoms with E-state index in [4.69, 9.17) is 4.74 Å². The van der Waals surface area contributed by atoms with Gasteiger partial charge in [-0.05, 0) is 57.3 Å². The van der Waals surface area contributed by atoms with Gasteiger partial charge in [0.1, 0.15) is 17.7 Å². The third-order valence-electron chi connectivity index (χ3n) is 8.52. The van der Waals surface area contributed by atoms with Gasteiger partial charge in [0.2, 0.25) is 5.91 Å². The molecular formula is C28H46N2O6. The lowest BCUT2D eigenvalue weighted by Gasteiger charge is -2.38. The van der Waals surface area contributed by atoms with Gasteiger partial charge in [-0.2, -0.15) is 0 Å². The third kappa shape index (κ3) is 7.77. The van der Waals surface area contributed by atoms with Gasteiger partial charge in [-0.1, -0.05) is 46.0 Å². The van der Waals surface area contributed by atoms with Crippen LogP contribution in [0.15, 0.2) is 0 Å². The number of alkyl carbamates (subject to hydrolysis) is 1. The predicted octanol–water partition coefficient (Wildman–Crippen LogP) is 4.22. The molecule has 8 nitrogen and oxygen atoms in total. The summed E-state index contributed by atoms with van der Waals surface area (Å²) in [7, 11) is 0. The Morgan fingerprint density at radius 2 is 1.64 bits per heavy atom. The maximum atomic E-state index is 13.7. The van der Waals surface area contributed by atoms with Crippen molar-refractivity contribution in [1.29, 1.82) is 0 Å². The third-order valence-corrected chi connectivity index (χ3v) is 8.52. The quantitative estimate of drug-likeness (QED) is 0.408. The smallest absolute Gasteiger partial charge is 0.408 e. The van der Waals surface area contributed by atoms with Crippen LogP contribution in [0.2, 0.25) is 0 Å². The van der Waals surface area contributed by atoms with Crippen molar-refractivity contribution in [2.75, 3.05) is 6.54 Å². The van der Waals surface area contributed by atoms with Crippen molar-refractivity contribution in [3.8, 4) is 0 Å². The minimum absolute atomic E-state index is 0.00510. The van der Waals surface area contributed by atoms with Crippen LogP contribution in [0.25, 0.3) is 0 Å². The molecule has 2 saturated carbocycles. The first-order valence-electron chi connectivity index (χ1n) is 14.2. The molecule has 3 fully saturated rings. The summed E-state index contributed by atoms with van der Waals surface area (Å²) in [5.41, 5.74) is -1.01. The molecule has 0 aromatic rings. The number of carbonyl (C=O) groups excluding carboxylic acids is 4. The minimum atomic E-state index is -1.32. The molecule has 0 spiro atoms. The van der Waals surface area contributed by atoms with E-state index in [0.717, 1.165) is 64.2 Å². The molecule has 204 valence electrons. The van der Waals surface area contributed by atoms with Crippen molar-refractivity contribution in [2.45, 2.75) is 128 Å². The average Bonchev–Trinajstić information content (AvgIpc) is 3.06. The van der Waals surface area contributed by atoms with Gasteiger partial charge in [0.15, 0.2) is 11.6 Å². The fourth-order valence-corrected chi connectivity index (χ4v) is 6.11. The van der Waals surface area contributed by atoms with Gasteiger partial charge in [-0.15, -0.1) is 0 Å². The Kier molecular flexibility index (Phi) is 10.8. The molecule has 0 aromatic carbocycles. The number of amides is 2. The number of rotatable bonds is 10. The lowest BCUT2D eigenvalue weighted by molar-refractivity contribution is -0.138. The van der Waals surface area contributed by atoms with Crippen LogP contribution in [0.4, 0.5) is 4.79 Å². The highest BCUT2D eigenvalue weighted by atomic mass is 16.6. The molecule has 1 saturated heterocycles. The van der Waals surface area contributed by atoms with E-state index < -0.39 is 29.6 Å². The van der Waals surface area contributed by atoms with E-state index in [2.05, 4.69) is 10.6 Å². The topological polar surface area (TPSA) is 122 Å². The molecule has 0 radical (unpaired) electrons. The molecule has 3 atom stereocenters. The van der Waals surface area contributed by atoms with Gasteiger partial charge in [-0.3, -0.25) is 14.4 Å². The zero-order valence-electron chi connectivity index (χ0n) is 22.2. The molecule has 3 N–H and O–H groups in total. The van der Waals surface area contributed by atoms with Gasteiger partial charge in [0.05, 0.1) is 0 Å². The molecule has 2 aliphatic carbocycles. The Balaban J connectivity index is 1.65. The Hall–Kier alpha value is -1.96. The number of aliphatic hydroxyl groups excluding tert-OH is 1. The van der Waals surface area contributed by atoms with Crippen LogP contribution in [-0.4, -0.2) is 53.0 Å². The lowest BCUT2D eigenvalue weighted by atomic mass is 9.73. The van der Waals surface area contributed by atoms with Crippen LogP contribution < -0.4 is 10.6 Å². The normalized spacial score (nSPS) is 24.8. The SMILES string of the molecule is CC(C)[C@H](CC(=O)C1(NC(=O)OC2CCCCC2)CCCCC1)[C@H](O)C(=O)C[C@H]1CCCCNC1=O. The first-order chi connectivity index (χ1) is 17.2. The first kappa shape index (κ1) is 28.6. The summed E-state index contributed by atoms with van der Waals surface area (Å²) >= 11 is 0. The number of ketones is 2. The number of nitrogens with one attached hydrogen (secondary N) is 2. The number of hydrogen-bond donors (Lipinski definition) is 3. The highest BCUT2D eigenvalue weighted by Gasteiger charge is 2.44. The minimum Gasteiger partial charge on any atom is -0.446 e. The Bertz CT molecular complexity index is 770. The summed E-state index contributed by atoms with van der Waals surface area (Å²) in [6.07, 6.45) is 9.16. The van der Waals surface area contributed by atoms with Crippen LogP contribution in [0.5, 0.6) is 0 Å². The summed E-state index contributed by atoms with van der Waals surface area (Å²) in [6.45, 7) is 4.41. The molecule has 0 aromatic heterocycles. The van der Waals surface area contributed by atoms with Crippen molar-refractivity contribution in [3.63, 3.8) is 0 Å². The number of aliphatic hydroxyl groups is 1. The van der Waals surface area contributed by atoms with Crippen molar-refractivity contribution < 1.29 is 29.0 Å². The average molecular weight is 507 g/mol. The second kappa shape index (κ2) is 13.5. The van der Waals surface area contributed by atoms with E-state index in [0.29, 0.717) is 25.8 Å². The van der Waals surface area contributed by atoms with Crippen LogP contribution in [0, 0.1) is 17.8 Å². The van der Waals surface area contributed by atoms with Crippen molar-refractivity contribution in [2.24, 2.45) is 17.8 Å². The maximum absolute atomic E-state index is 13.7. The van der Waals surface area contributed by atoms with Gasteiger partial charge in [-0.25, -0.2) is 4.79 Å². The molecule has 0 bridgehead atoms. The Morgan fingerprint density at radius 1 is 1.00 bits per heavy atom. The van der Waals surface area contributed by atoms with Crippen LogP contribution in [-0.2, 0) is 19.1 Å². The number of Topliss-reactive ketones (excluding diaryl/α,β-unsaturated/α-hetero) is 2. The molecular weight excluding hydrogens is 460 g/mol. The van der Waals surface area contributed by atoms with E-state index in [-0.39, 0.29) is 42.3 Å². The molecule has 36 heavy (non-hydrogen) atoms. The van der Waals surface area contributed by atoms with Crippen LogP contribution in [0.3, 0.4) is 0 Å². The number of ether oxygens (including phenoxy) is 1. The summed E-state index contributed by atoms with van der Waals surface area (Å²) in [5.74, 6) is -1.78. The van der Waals surface area contributed by atoms with Crippen molar-refractivity contribution in [1.82, 2.24) is 10.6 Å². The molecule has 2 amide bonds. The number of hydrogen-bond acceptors (Lipinski definition) is 6. The molecule has 1 aliphatic heterocycles. The molecule has 3 rings (SSSR count). The Labute approximate surface area is 215 Å². The molecule has 3 aliphatic rings. The van der Waals surface area contributed by atoms with Crippen LogP contribution >= 0.6 is 0 Å². The predicted molar refractivity (Wildman–Crippen MR) is 136 cm³/mol. The van der Waals surface area contributed by atoms with Gasteiger partial charge < -0.3 is 20.5 Å². The second-order valence-electron chi connectivity index (χ2n) is 11.6. The summed E-state index contributed by atoms with van der Waals surface area (Å²) in [6, 6.07) is 0. The number of carbonyl (C=O) groups is 4. The fraction of sp³-hybridized carbons (Fsp3) is 0.857. The highest BCUT2D eigenvalue weighted by Crippen LogP contribution is 2.34. The van der Waals surface area contributed by atoms with Crippen molar-refractivity contribution in [3.05, 3.63) is 0 Å². The summed E-state index contributed by atoms with van der Waals surface area (Å²) in [5, 5.41) is 16.8. The molecule has 1 heterocycles. The zero-order chi connectivity index (χ0) is 26.1. The van der Waals surface area contributed by atoms with E-state index in [1.165, 1.54) is 0 Å². The highest BCUT2D eigenvalue weighted by molar-refractivity contribution is 5.93. The lowest BCUT2D eigenvalue weighted by Crippen LogP contribution is -2.57. The maximum Gasteiger partial charge on any atom is 0.408 e. The fourth-order valence-electron chi connectivity index (χ4n) is 6.11. The van der Waals surface area contributed by atoms with Crippen molar-refractivity contribution >= 4 is 23.6 Å². The standard InChI is InChI=1S/C28H46N2O6/c1-19(2)22(25(33)23(31)17-20-11-7-10-16-29-26(20)34)18-24(32)28(14-8-4-9-15-28)30-27(35)36-21-12-5-3-6-13-21/h19-22,25,33H,3-18H2,1-2H3,(H,29,34)(H,30,35)/t20-,22+,25+/m1/s1. The van der Waals surface area contributed by atoms with Crippen LogP contribution in [0.1, 0.15) is 110 Å². The molecule has 8 heteroatoms. The van der Waals surface area contributed by atoms with E-state index in [1.807, 2.05) is 13.8 Å². The largest absolute Gasteiger partial charge is 0.446 e. The monoisotopic (exact) mass is 506 g/mol. The van der Waals surface area contributed by atoms with Gasteiger partial charge in [0.25, 0.3) is 0 Å². The Morgan fingerprint density at radius 3 is 2.31 bits per heavy atom. The van der Waals surface area contributed by atoms with Gasteiger partial charge >= 0.3 is 6.09 Å². The second-order valence-corrected chi connectivity index (χ2v) is 11.6. The van der Waals surface area contributed by atoms with E-state index in [1.54, 1.807) is 0 Å². The summed E-state index contributed by atoms with van der Waals surface area (Å²) in [4.78, 5) is 51.8. The molecule has 0 unspecified atom stereocenters. The summed E-state index contributed by atoms with van der Waals surface area (Å²) < 4.78 is 5.67. The van der Waals surface area contributed by atoms with E-state index in [9.17, 15) is 24.3 Å². The van der Waals surface area contributed by atoms with E-state index >= 15 is 0 Å². The zero-order valence-corrected chi connectivity index (χ0v) is 22.2. The van der Waals surface area contributed by atoms with Gasteiger partial charge in [0, 0.05) is 31.2 Å². The first-order valence-corrected chi connectivity index (χ1v) is 14.2.